The molecular formula is C16H12N4O2. The van der Waals surface area contributed by atoms with Gasteiger partial charge in [0.1, 0.15) is 0 Å². The van der Waals surface area contributed by atoms with Crippen LogP contribution in [-0.4, -0.2) is 4.92 Å². The second-order valence-electron chi connectivity index (χ2n) is 4.58. The lowest BCUT2D eigenvalue weighted by Gasteiger charge is -2.04. The van der Waals surface area contributed by atoms with Crippen LogP contribution in [0.15, 0.2) is 77.1 Å². The maximum Gasteiger partial charge on any atom is 0.296 e. The molecule has 0 aliphatic rings. The molecule has 0 amide bonds. The van der Waals surface area contributed by atoms with E-state index in [9.17, 15) is 10.1 Å². The van der Waals surface area contributed by atoms with Gasteiger partial charge in [-0.05, 0) is 17.5 Å². The Morgan fingerprint density at radius 3 is 2.50 bits per heavy atom. The van der Waals surface area contributed by atoms with Gasteiger partial charge in [0.25, 0.3) is 5.69 Å². The Hall–Kier alpha value is -3.28. The normalized spacial score (nSPS) is 10.9. The summed E-state index contributed by atoms with van der Waals surface area (Å²) >= 11 is 0. The number of nitrogens with zero attached hydrogens (tertiary/aromatic N) is 3. The molecule has 0 atom stereocenters. The molecule has 3 aromatic carbocycles. The highest BCUT2D eigenvalue weighted by atomic mass is 16.6. The molecule has 0 fully saturated rings. The summed E-state index contributed by atoms with van der Waals surface area (Å²) in [5, 5.41) is 20.8. The Bertz CT molecular complexity index is 856. The minimum atomic E-state index is -0.480. The van der Waals surface area contributed by atoms with Gasteiger partial charge in [-0.1, -0.05) is 53.8 Å². The fourth-order valence-electron chi connectivity index (χ4n) is 2.16. The number of hydrogen-bond donors (Lipinski definition) is 1. The zero-order valence-electron chi connectivity index (χ0n) is 11.5. The number of benzene rings is 3. The monoisotopic (exact) mass is 292 g/mol. The van der Waals surface area contributed by atoms with Crippen molar-refractivity contribution in [3.05, 3.63) is 76.8 Å². The van der Waals surface area contributed by atoms with Crippen molar-refractivity contribution in [2.75, 3.05) is 5.43 Å². The number of rotatable bonds is 4. The molecule has 0 radical (unpaired) electrons. The van der Waals surface area contributed by atoms with E-state index < -0.39 is 4.92 Å². The molecule has 22 heavy (non-hydrogen) atoms. The number of hydrogen-bond acceptors (Lipinski definition) is 4. The Labute approximate surface area is 126 Å². The van der Waals surface area contributed by atoms with Crippen LogP contribution in [-0.2, 0) is 0 Å². The highest BCUT2D eigenvalue weighted by Crippen LogP contribution is 2.27. The molecule has 0 spiro atoms. The molecule has 0 aliphatic carbocycles. The van der Waals surface area contributed by atoms with Crippen LogP contribution in [0.4, 0.5) is 17.1 Å². The second-order valence-corrected chi connectivity index (χ2v) is 4.58. The van der Waals surface area contributed by atoms with Crippen molar-refractivity contribution in [3.63, 3.8) is 0 Å². The fourth-order valence-corrected chi connectivity index (χ4v) is 2.16. The zero-order chi connectivity index (χ0) is 15.4. The summed E-state index contributed by atoms with van der Waals surface area (Å²) in [5.41, 5.74) is 3.76. The van der Waals surface area contributed by atoms with Crippen molar-refractivity contribution in [2.24, 2.45) is 10.3 Å². The van der Waals surface area contributed by atoms with E-state index in [1.165, 1.54) is 6.07 Å². The molecule has 0 heterocycles. The summed E-state index contributed by atoms with van der Waals surface area (Å²) in [7, 11) is 0. The smallest absolute Gasteiger partial charge is 0.259 e. The minimum absolute atomic E-state index is 0.0778. The number of nitro groups is 1. The van der Waals surface area contributed by atoms with Gasteiger partial charge in [0, 0.05) is 11.5 Å². The van der Waals surface area contributed by atoms with E-state index in [4.69, 9.17) is 0 Å². The van der Waals surface area contributed by atoms with E-state index in [-0.39, 0.29) is 11.4 Å². The van der Waals surface area contributed by atoms with Crippen LogP contribution in [0.25, 0.3) is 10.8 Å². The molecule has 0 saturated heterocycles. The summed E-state index contributed by atoms with van der Waals surface area (Å²) in [6, 6.07) is 19.9. The SMILES string of the molecule is O=[N+]([O-])c1ccccc1N=NNc1cccc2ccccc12. The molecule has 6 heteroatoms. The van der Waals surface area contributed by atoms with Gasteiger partial charge in [-0.25, -0.2) is 0 Å². The molecule has 0 unspecified atom stereocenters. The first-order valence-electron chi connectivity index (χ1n) is 6.63. The standard InChI is InChI=1S/C16H12N4O2/c21-20(22)16-11-4-3-9-15(16)18-19-17-14-10-5-7-12-6-1-2-8-13(12)14/h1-11H,(H,17,18). The van der Waals surface area contributed by atoms with Crippen molar-refractivity contribution in [1.29, 1.82) is 0 Å². The average molecular weight is 292 g/mol. The topological polar surface area (TPSA) is 79.9 Å². The molecule has 0 saturated carbocycles. The van der Waals surface area contributed by atoms with Crippen molar-refractivity contribution in [2.45, 2.75) is 0 Å². The maximum absolute atomic E-state index is 10.9. The molecule has 3 aromatic rings. The van der Waals surface area contributed by atoms with Crippen LogP contribution in [0.1, 0.15) is 0 Å². The number of anilines is 1. The third kappa shape index (κ3) is 2.76. The average Bonchev–Trinajstić information content (AvgIpc) is 2.55. The van der Waals surface area contributed by atoms with Gasteiger partial charge in [0.15, 0.2) is 5.69 Å². The largest absolute Gasteiger partial charge is 0.296 e. The Morgan fingerprint density at radius 2 is 1.64 bits per heavy atom. The molecule has 0 aromatic heterocycles. The molecular weight excluding hydrogens is 280 g/mol. The molecule has 0 aliphatic heterocycles. The third-order valence-corrected chi connectivity index (χ3v) is 3.20. The maximum atomic E-state index is 10.9. The van der Waals surface area contributed by atoms with Crippen LogP contribution in [0.3, 0.4) is 0 Å². The number of nitrogens with one attached hydrogen (secondary N) is 1. The van der Waals surface area contributed by atoms with Crippen LogP contribution in [0.2, 0.25) is 0 Å². The van der Waals surface area contributed by atoms with E-state index in [0.717, 1.165) is 16.5 Å². The molecule has 108 valence electrons. The highest BCUT2D eigenvalue weighted by molar-refractivity contribution is 5.93. The first-order valence-corrected chi connectivity index (χ1v) is 6.63. The quantitative estimate of drug-likeness (QED) is 0.423. The summed E-state index contributed by atoms with van der Waals surface area (Å²) in [5.74, 6) is 0. The van der Waals surface area contributed by atoms with E-state index in [0.29, 0.717) is 0 Å². The van der Waals surface area contributed by atoms with E-state index in [1.54, 1.807) is 18.2 Å². The lowest BCUT2D eigenvalue weighted by atomic mass is 10.1. The first-order chi connectivity index (χ1) is 10.8. The Kier molecular flexibility index (Phi) is 3.74. The number of nitro benzene ring substituents is 1. The van der Waals surface area contributed by atoms with E-state index in [2.05, 4.69) is 15.8 Å². The van der Waals surface area contributed by atoms with Crippen LogP contribution in [0, 0.1) is 10.1 Å². The number of fused-ring (bicyclic) bond motifs is 1. The lowest BCUT2D eigenvalue weighted by Crippen LogP contribution is -1.90. The molecule has 3 rings (SSSR count). The van der Waals surface area contributed by atoms with Gasteiger partial charge in [-0.15, -0.1) is 5.11 Å². The van der Waals surface area contributed by atoms with Crippen LogP contribution in [0.5, 0.6) is 0 Å². The van der Waals surface area contributed by atoms with Gasteiger partial charge in [0.05, 0.1) is 10.6 Å². The lowest BCUT2D eigenvalue weighted by molar-refractivity contribution is -0.384. The van der Waals surface area contributed by atoms with Gasteiger partial charge < -0.3 is 0 Å². The second kappa shape index (κ2) is 6.01. The van der Waals surface area contributed by atoms with Gasteiger partial charge >= 0.3 is 0 Å². The Balaban J connectivity index is 1.87. The number of para-hydroxylation sites is 1. The van der Waals surface area contributed by atoms with Crippen LogP contribution < -0.4 is 5.43 Å². The van der Waals surface area contributed by atoms with Gasteiger partial charge in [-0.2, -0.15) is 0 Å². The van der Waals surface area contributed by atoms with Gasteiger partial charge in [0.2, 0.25) is 0 Å². The first kappa shape index (κ1) is 13.7. The predicted octanol–water partition coefficient (Wildman–Crippen LogP) is 4.86. The summed E-state index contributed by atoms with van der Waals surface area (Å²) < 4.78 is 0. The summed E-state index contributed by atoms with van der Waals surface area (Å²) in [4.78, 5) is 10.4. The predicted molar refractivity (Wildman–Crippen MR) is 85.2 cm³/mol. The summed E-state index contributed by atoms with van der Waals surface area (Å²) in [6.07, 6.45) is 0. The Morgan fingerprint density at radius 1 is 0.909 bits per heavy atom. The van der Waals surface area contributed by atoms with Crippen LogP contribution >= 0.6 is 0 Å². The van der Waals surface area contributed by atoms with Crippen molar-refractivity contribution < 1.29 is 4.92 Å². The van der Waals surface area contributed by atoms with E-state index >= 15 is 0 Å². The third-order valence-electron chi connectivity index (χ3n) is 3.20. The molecule has 0 bridgehead atoms. The zero-order valence-corrected chi connectivity index (χ0v) is 11.5. The minimum Gasteiger partial charge on any atom is -0.259 e. The molecule has 6 nitrogen and oxygen atoms in total. The van der Waals surface area contributed by atoms with Crippen molar-refractivity contribution >= 4 is 27.8 Å². The van der Waals surface area contributed by atoms with Crippen molar-refractivity contribution in [1.82, 2.24) is 0 Å². The highest BCUT2D eigenvalue weighted by Gasteiger charge is 2.11. The fraction of sp³-hybridized carbons (Fsp3) is 0. The molecule has 1 N–H and O–H groups in total. The summed E-state index contributed by atoms with van der Waals surface area (Å²) in [6.45, 7) is 0. The van der Waals surface area contributed by atoms with Crippen molar-refractivity contribution in [3.8, 4) is 0 Å². The van der Waals surface area contributed by atoms with E-state index in [1.807, 2.05) is 42.5 Å². The van der Waals surface area contributed by atoms with Gasteiger partial charge in [-0.3, -0.25) is 15.5 Å².